The van der Waals surface area contributed by atoms with Crippen LogP contribution >= 0.6 is 0 Å². The Morgan fingerprint density at radius 2 is 2.19 bits per heavy atom. The molecule has 2 atom stereocenters. The van der Waals surface area contributed by atoms with E-state index in [2.05, 4.69) is 15.4 Å². The van der Waals surface area contributed by atoms with Gasteiger partial charge in [0.05, 0.1) is 19.7 Å². The van der Waals surface area contributed by atoms with Gasteiger partial charge in [0.15, 0.2) is 0 Å². The Bertz CT molecular complexity index is 545. The number of aryl methyl sites for hydroxylation is 1. The van der Waals surface area contributed by atoms with Gasteiger partial charge in [0.25, 0.3) is 0 Å². The zero-order valence-corrected chi connectivity index (χ0v) is 11.8. The number of nitrogens with two attached hydrogens (primary N) is 1. The maximum absolute atomic E-state index is 11.8. The highest BCUT2D eigenvalue weighted by Gasteiger charge is 2.33. The molecule has 1 unspecified atom stereocenters. The molecule has 5 N–H and O–H groups in total. The number of ether oxygens (including phenoxy) is 1. The number of hydrogen-bond donors (Lipinski definition) is 4. The Kier molecular flexibility index (Phi) is 4.44. The summed E-state index contributed by atoms with van der Waals surface area (Å²) in [7, 11) is 1.11. The normalized spacial score (nSPS) is 19.3. The average molecular weight is 293 g/mol. The molecular formula is C14H19N3O4. The topological polar surface area (TPSA) is 114 Å². The quantitative estimate of drug-likeness (QED) is 0.453. The Balaban J connectivity index is 1.88. The minimum atomic E-state index is -2.24. The van der Waals surface area contributed by atoms with Gasteiger partial charge in [0.2, 0.25) is 5.72 Å². The minimum Gasteiger partial charge on any atom is -0.466 e. The van der Waals surface area contributed by atoms with E-state index in [-0.39, 0.29) is 6.04 Å². The van der Waals surface area contributed by atoms with Crippen LogP contribution in [0.15, 0.2) is 24.3 Å². The van der Waals surface area contributed by atoms with Crippen LogP contribution in [-0.2, 0) is 16.0 Å². The van der Waals surface area contributed by atoms with Crippen LogP contribution in [0.1, 0.15) is 23.6 Å². The van der Waals surface area contributed by atoms with E-state index in [9.17, 15) is 14.7 Å². The van der Waals surface area contributed by atoms with Crippen molar-refractivity contribution >= 4 is 12.0 Å². The zero-order valence-electron chi connectivity index (χ0n) is 11.8. The van der Waals surface area contributed by atoms with Gasteiger partial charge in [-0.05, 0) is 24.0 Å². The second kappa shape index (κ2) is 6.11. The fourth-order valence-electron chi connectivity index (χ4n) is 2.38. The average Bonchev–Trinajstić information content (AvgIpc) is 2.88. The molecule has 7 nitrogen and oxygen atoms in total. The van der Waals surface area contributed by atoms with Crippen molar-refractivity contribution in [1.82, 2.24) is 10.6 Å². The SMILES string of the molecule is COC(=O)C(N)(O)CNC(=O)N[C@@H]1CCc2ccccc21. The van der Waals surface area contributed by atoms with Gasteiger partial charge in [-0.3, -0.25) is 5.73 Å². The Labute approximate surface area is 122 Å². The first-order chi connectivity index (χ1) is 9.94. The van der Waals surface area contributed by atoms with Crippen LogP contribution in [0.2, 0.25) is 0 Å². The van der Waals surface area contributed by atoms with Gasteiger partial charge in [-0.1, -0.05) is 24.3 Å². The van der Waals surface area contributed by atoms with Gasteiger partial charge in [-0.2, -0.15) is 0 Å². The van der Waals surface area contributed by atoms with Gasteiger partial charge in [-0.25, -0.2) is 9.59 Å². The van der Waals surface area contributed by atoms with E-state index in [1.807, 2.05) is 24.3 Å². The molecule has 0 aliphatic heterocycles. The summed E-state index contributed by atoms with van der Waals surface area (Å²) in [5.41, 5.74) is 5.41. The monoisotopic (exact) mass is 293 g/mol. The van der Waals surface area contributed by atoms with Crippen molar-refractivity contribution in [3.63, 3.8) is 0 Å². The summed E-state index contributed by atoms with van der Waals surface area (Å²) in [5, 5.41) is 14.8. The van der Waals surface area contributed by atoms with Crippen LogP contribution < -0.4 is 16.4 Å². The lowest BCUT2D eigenvalue weighted by molar-refractivity contribution is -0.161. The molecule has 21 heavy (non-hydrogen) atoms. The third kappa shape index (κ3) is 3.50. The molecular weight excluding hydrogens is 274 g/mol. The Hall–Kier alpha value is -2.12. The molecule has 1 aromatic carbocycles. The summed E-state index contributed by atoms with van der Waals surface area (Å²) in [6.45, 7) is -0.431. The number of amides is 2. The summed E-state index contributed by atoms with van der Waals surface area (Å²) in [4.78, 5) is 23.0. The van der Waals surface area contributed by atoms with Gasteiger partial charge in [0.1, 0.15) is 0 Å². The van der Waals surface area contributed by atoms with Crippen molar-refractivity contribution in [3.8, 4) is 0 Å². The standard InChI is InChI=1S/C14H19N3O4/c1-21-12(18)14(15,20)8-16-13(19)17-11-7-6-9-4-2-3-5-10(9)11/h2-5,11,20H,6-8,15H2,1H3,(H2,16,17,19)/t11-,14?/m1/s1. The maximum Gasteiger partial charge on any atom is 0.355 e. The molecule has 0 bridgehead atoms. The molecule has 1 aliphatic rings. The number of nitrogens with one attached hydrogen (secondary N) is 2. The van der Waals surface area contributed by atoms with E-state index in [0.717, 1.165) is 25.5 Å². The fraction of sp³-hybridized carbons (Fsp3) is 0.429. The summed E-state index contributed by atoms with van der Waals surface area (Å²) < 4.78 is 4.34. The van der Waals surface area contributed by atoms with Crippen molar-refractivity contribution in [2.45, 2.75) is 24.6 Å². The molecule has 7 heteroatoms. The second-order valence-corrected chi connectivity index (χ2v) is 5.03. The first-order valence-electron chi connectivity index (χ1n) is 6.66. The number of methoxy groups -OCH3 is 1. The van der Waals surface area contributed by atoms with Crippen molar-refractivity contribution < 1.29 is 19.4 Å². The third-order valence-corrected chi connectivity index (χ3v) is 3.50. The highest BCUT2D eigenvalue weighted by Crippen LogP contribution is 2.30. The van der Waals surface area contributed by atoms with Crippen molar-refractivity contribution in [2.75, 3.05) is 13.7 Å². The highest BCUT2D eigenvalue weighted by atomic mass is 16.5. The van der Waals surface area contributed by atoms with Gasteiger partial charge < -0.3 is 20.5 Å². The van der Waals surface area contributed by atoms with Crippen LogP contribution in [0.5, 0.6) is 0 Å². The lowest BCUT2D eigenvalue weighted by Gasteiger charge is -2.21. The van der Waals surface area contributed by atoms with E-state index in [0.29, 0.717) is 0 Å². The zero-order chi connectivity index (χ0) is 15.5. The number of esters is 1. The van der Waals surface area contributed by atoms with Crippen LogP contribution in [0.3, 0.4) is 0 Å². The number of benzene rings is 1. The molecule has 1 aliphatic carbocycles. The summed E-state index contributed by atoms with van der Waals surface area (Å²) >= 11 is 0. The maximum atomic E-state index is 11.8. The number of fused-ring (bicyclic) bond motifs is 1. The first-order valence-corrected chi connectivity index (χ1v) is 6.66. The summed E-state index contributed by atoms with van der Waals surface area (Å²) in [6.07, 6.45) is 1.72. The molecule has 114 valence electrons. The van der Waals surface area contributed by atoms with Crippen LogP contribution in [0.25, 0.3) is 0 Å². The van der Waals surface area contributed by atoms with Crippen LogP contribution in [-0.4, -0.2) is 36.5 Å². The summed E-state index contributed by atoms with van der Waals surface area (Å²) in [6, 6.07) is 7.32. The van der Waals surface area contributed by atoms with E-state index in [1.54, 1.807) is 0 Å². The van der Waals surface area contributed by atoms with E-state index in [4.69, 9.17) is 5.73 Å². The van der Waals surface area contributed by atoms with Crippen molar-refractivity contribution in [1.29, 1.82) is 0 Å². The van der Waals surface area contributed by atoms with Crippen LogP contribution in [0.4, 0.5) is 4.79 Å². The lowest BCUT2D eigenvalue weighted by atomic mass is 10.1. The molecule has 2 amide bonds. The Morgan fingerprint density at radius 1 is 1.48 bits per heavy atom. The molecule has 0 heterocycles. The predicted octanol–water partition coefficient (Wildman–Crippen LogP) is -0.207. The number of carbonyl (C=O) groups excluding carboxylic acids is 2. The molecule has 0 aromatic heterocycles. The predicted molar refractivity (Wildman–Crippen MR) is 75.2 cm³/mol. The number of urea groups is 1. The molecule has 0 saturated carbocycles. The van der Waals surface area contributed by atoms with Crippen molar-refractivity contribution in [2.24, 2.45) is 5.73 Å². The van der Waals surface area contributed by atoms with E-state index < -0.39 is 24.3 Å². The fourth-order valence-corrected chi connectivity index (χ4v) is 2.38. The van der Waals surface area contributed by atoms with E-state index >= 15 is 0 Å². The van der Waals surface area contributed by atoms with E-state index in [1.165, 1.54) is 5.56 Å². The molecule has 0 fully saturated rings. The lowest BCUT2D eigenvalue weighted by Crippen LogP contribution is -2.57. The number of aliphatic hydroxyl groups is 1. The number of carbonyl (C=O) groups is 2. The second-order valence-electron chi connectivity index (χ2n) is 5.03. The van der Waals surface area contributed by atoms with Gasteiger partial charge in [-0.15, -0.1) is 0 Å². The Morgan fingerprint density at radius 3 is 2.90 bits per heavy atom. The van der Waals surface area contributed by atoms with Gasteiger partial charge in [0, 0.05) is 0 Å². The smallest absolute Gasteiger partial charge is 0.355 e. The first kappa shape index (κ1) is 15.3. The number of rotatable bonds is 4. The minimum absolute atomic E-state index is 0.0785. The highest BCUT2D eigenvalue weighted by molar-refractivity contribution is 5.80. The molecule has 0 spiro atoms. The summed E-state index contributed by atoms with van der Waals surface area (Å²) in [5.74, 6) is -1.01. The van der Waals surface area contributed by atoms with Crippen molar-refractivity contribution in [3.05, 3.63) is 35.4 Å². The number of hydrogen-bond acceptors (Lipinski definition) is 5. The molecule has 1 aromatic rings. The third-order valence-electron chi connectivity index (χ3n) is 3.50. The van der Waals surface area contributed by atoms with Crippen LogP contribution in [0, 0.1) is 0 Å². The molecule has 0 radical (unpaired) electrons. The molecule has 2 rings (SSSR count). The molecule has 0 saturated heterocycles. The van der Waals surface area contributed by atoms with Gasteiger partial charge >= 0.3 is 12.0 Å². The largest absolute Gasteiger partial charge is 0.466 e.